The van der Waals surface area contributed by atoms with Gasteiger partial charge in [0.25, 0.3) is 0 Å². The normalized spacial score (nSPS) is 13.4. The van der Waals surface area contributed by atoms with Crippen LogP contribution in [0.1, 0.15) is 6.92 Å². The van der Waals surface area contributed by atoms with Crippen LogP contribution in [-0.4, -0.2) is 15.4 Å². The Morgan fingerprint density at radius 2 is 1.86 bits per heavy atom. The molecule has 0 fully saturated rings. The van der Waals surface area contributed by atoms with E-state index in [1.165, 1.54) is 0 Å². The maximum Gasteiger partial charge on any atom is 0.240 e. The molecule has 0 radical (unpaired) electrons. The predicted octanol–water partition coefficient (Wildman–Crippen LogP) is 3.06. The molecule has 2 aromatic carbocycles. The van der Waals surface area contributed by atoms with Gasteiger partial charge in [-0.05, 0) is 31.2 Å². The summed E-state index contributed by atoms with van der Waals surface area (Å²) in [6, 6.07) is 13.9. The molecule has 3 N–H and O–H groups in total. The zero-order valence-electron chi connectivity index (χ0n) is 11.4. The number of nitrogen functional groups attached to an aromatic ring is 1. The Bertz CT molecular complexity index is 656. The van der Waals surface area contributed by atoms with Gasteiger partial charge in [-0.15, -0.1) is 0 Å². The second-order valence-corrected chi connectivity index (χ2v) is 6.57. The fourth-order valence-electron chi connectivity index (χ4n) is 1.78. The molecule has 0 aliphatic carbocycles. The van der Waals surface area contributed by atoms with Crippen LogP contribution < -0.4 is 11.1 Å². The minimum Gasteiger partial charge on any atom is -0.398 e. The van der Waals surface area contributed by atoms with E-state index in [0.717, 1.165) is 0 Å². The molecule has 4 nitrogen and oxygen atoms in total. The summed E-state index contributed by atoms with van der Waals surface area (Å²) in [4.78, 5) is 12.5. The van der Waals surface area contributed by atoms with Gasteiger partial charge in [-0.3, -0.25) is 9.00 Å². The lowest BCUT2D eigenvalue weighted by Crippen LogP contribution is -2.29. The molecule has 2 atom stereocenters. The molecule has 2 unspecified atom stereocenters. The molecule has 6 heteroatoms. The Morgan fingerprint density at radius 3 is 2.48 bits per heavy atom. The van der Waals surface area contributed by atoms with Crippen molar-refractivity contribution in [3.63, 3.8) is 0 Å². The van der Waals surface area contributed by atoms with Crippen LogP contribution in [0, 0.1) is 0 Å². The zero-order chi connectivity index (χ0) is 15.4. The van der Waals surface area contributed by atoms with Crippen molar-refractivity contribution < 1.29 is 9.00 Å². The third-order valence-corrected chi connectivity index (χ3v) is 5.07. The highest BCUT2D eigenvalue weighted by atomic mass is 35.5. The van der Waals surface area contributed by atoms with Crippen molar-refractivity contribution >= 4 is 39.7 Å². The van der Waals surface area contributed by atoms with E-state index in [1.54, 1.807) is 37.3 Å². The number of hydrogen-bond donors (Lipinski definition) is 2. The Kier molecular flexibility index (Phi) is 4.98. The zero-order valence-corrected chi connectivity index (χ0v) is 12.9. The van der Waals surface area contributed by atoms with Gasteiger partial charge in [0.05, 0.1) is 20.7 Å². The molecule has 0 saturated carbocycles. The van der Waals surface area contributed by atoms with E-state index in [4.69, 9.17) is 17.3 Å². The molecule has 21 heavy (non-hydrogen) atoms. The first-order valence-electron chi connectivity index (χ1n) is 6.31. The molecule has 0 saturated heterocycles. The summed E-state index contributed by atoms with van der Waals surface area (Å²) in [5.74, 6) is -0.348. The van der Waals surface area contributed by atoms with Gasteiger partial charge in [0.1, 0.15) is 5.25 Å². The molecule has 1 amide bonds. The van der Waals surface area contributed by atoms with Gasteiger partial charge in [0, 0.05) is 11.4 Å². The van der Waals surface area contributed by atoms with E-state index in [9.17, 15) is 9.00 Å². The van der Waals surface area contributed by atoms with Gasteiger partial charge >= 0.3 is 0 Å². The maximum atomic E-state index is 12.5. The molecular weight excluding hydrogens is 308 g/mol. The van der Waals surface area contributed by atoms with Crippen molar-refractivity contribution in [2.24, 2.45) is 0 Å². The van der Waals surface area contributed by atoms with E-state index >= 15 is 0 Å². The molecule has 2 rings (SSSR count). The number of carbonyl (C=O) groups is 1. The smallest absolute Gasteiger partial charge is 0.240 e. The highest BCUT2D eigenvalue weighted by molar-refractivity contribution is 7.86. The van der Waals surface area contributed by atoms with Gasteiger partial charge < -0.3 is 11.1 Å². The van der Waals surface area contributed by atoms with Crippen LogP contribution in [0.3, 0.4) is 0 Å². The number of nitrogens with one attached hydrogen (secondary N) is 1. The molecule has 0 bridgehead atoms. The van der Waals surface area contributed by atoms with Gasteiger partial charge in [-0.25, -0.2) is 0 Å². The largest absolute Gasteiger partial charge is 0.398 e. The summed E-state index contributed by atoms with van der Waals surface area (Å²) in [6.45, 7) is 1.58. The Hall–Kier alpha value is -1.85. The molecular formula is C15H15ClN2O2S. The number of hydrogen-bond acceptors (Lipinski definition) is 3. The fraction of sp³-hybridized carbons (Fsp3) is 0.133. The molecule has 0 aliphatic rings. The number of para-hydroxylation sites is 1. The molecule has 0 aromatic heterocycles. The summed E-state index contributed by atoms with van der Waals surface area (Å²) in [6.07, 6.45) is 0. The van der Waals surface area contributed by atoms with Crippen LogP contribution >= 0.6 is 11.6 Å². The van der Waals surface area contributed by atoms with Gasteiger partial charge in [0.15, 0.2) is 0 Å². The lowest BCUT2D eigenvalue weighted by Gasteiger charge is -2.14. The highest BCUT2D eigenvalue weighted by Gasteiger charge is 2.24. The molecule has 0 heterocycles. The van der Waals surface area contributed by atoms with Gasteiger partial charge in [-0.1, -0.05) is 35.9 Å². The standard InChI is InChI=1S/C15H15ClN2O2S/c1-10(15(19)18-11-6-3-2-4-7-11)21(20)14-12(16)8-5-9-13(14)17/h2-10H,17H2,1H3,(H,18,19). The van der Waals surface area contributed by atoms with Crippen LogP contribution in [0.4, 0.5) is 11.4 Å². The second kappa shape index (κ2) is 6.74. The Labute approximate surface area is 130 Å². The number of benzene rings is 2. The van der Waals surface area contributed by atoms with E-state index in [1.807, 2.05) is 18.2 Å². The first-order valence-corrected chi connectivity index (χ1v) is 7.90. The lowest BCUT2D eigenvalue weighted by atomic mass is 10.3. The summed E-state index contributed by atoms with van der Waals surface area (Å²) >= 11 is 6.03. The van der Waals surface area contributed by atoms with Crippen LogP contribution in [0.5, 0.6) is 0 Å². The average molecular weight is 323 g/mol. The highest BCUT2D eigenvalue weighted by Crippen LogP contribution is 2.27. The number of amides is 1. The third kappa shape index (κ3) is 3.62. The third-order valence-electron chi connectivity index (χ3n) is 2.93. The van der Waals surface area contributed by atoms with Crippen LogP contribution in [-0.2, 0) is 15.6 Å². The first-order chi connectivity index (χ1) is 10.0. The summed E-state index contributed by atoms with van der Waals surface area (Å²) < 4.78 is 12.5. The van der Waals surface area contributed by atoms with E-state index < -0.39 is 16.0 Å². The average Bonchev–Trinajstić information content (AvgIpc) is 2.47. The minimum atomic E-state index is -1.62. The van der Waals surface area contributed by atoms with Crippen molar-refractivity contribution in [1.29, 1.82) is 0 Å². The lowest BCUT2D eigenvalue weighted by molar-refractivity contribution is -0.115. The van der Waals surface area contributed by atoms with Crippen molar-refractivity contribution in [3.8, 4) is 0 Å². The van der Waals surface area contributed by atoms with Crippen molar-refractivity contribution in [2.75, 3.05) is 11.1 Å². The number of halogens is 1. The van der Waals surface area contributed by atoms with Crippen LogP contribution in [0.2, 0.25) is 5.02 Å². The molecule has 0 spiro atoms. The Balaban J connectivity index is 2.18. The fourth-order valence-corrected chi connectivity index (χ4v) is 3.35. The van der Waals surface area contributed by atoms with Crippen LogP contribution in [0.15, 0.2) is 53.4 Å². The maximum absolute atomic E-state index is 12.5. The van der Waals surface area contributed by atoms with Gasteiger partial charge in [-0.2, -0.15) is 0 Å². The quantitative estimate of drug-likeness (QED) is 0.850. The van der Waals surface area contributed by atoms with Crippen LogP contribution in [0.25, 0.3) is 0 Å². The number of anilines is 2. The van der Waals surface area contributed by atoms with Gasteiger partial charge in [0.2, 0.25) is 5.91 Å². The topological polar surface area (TPSA) is 72.2 Å². The van der Waals surface area contributed by atoms with E-state index in [0.29, 0.717) is 21.3 Å². The predicted molar refractivity (Wildman–Crippen MR) is 86.8 cm³/mol. The molecule has 2 aromatic rings. The monoisotopic (exact) mass is 322 g/mol. The van der Waals surface area contributed by atoms with E-state index in [2.05, 4.69) is 5.32 Å². The summed E-state index contributed by atoms with van der Waals surface area (Å²) in [5.41, 5.74) is 6.77. The van der Waals surface area contributed by atoms with E-state index in [-0.39, 0.29) is 5.91 Å². The second-order valence-electron chi connectivity index (χ2n) is 4.45. The van der Waals surface area contributed by atoms with Crippen molar-refractivity contribution in [1.82, 2.24) is 0 Å². The number of nitrogens with two attached hydrogens (primary N) is 1. The van der Waals surface area contributed by atoms with Crippen molar-refractivity contribution in [2.45, 2.75) is 17.1 Å². The SMILES string of the molecule is CC(C(=O)Nc1ccccc1)S(=O)c1c(N)cccc1Cl. The number of rotatable bonds is 4. The first kappa shape index (κ1) is 15.5. The summed E-state index contributed by atoms with van der Waals surface area (Å²) in [5, 5.41) is 2.24. The minimum absolute atomic E-state index is 0.299. The Morgan fingerprint density at radius 1 is 1.19 bits per heavy atom. The molecule has 0 aliphatic heterocycles. The number of carbonyl (C=O) groups excluding carboxylic acids is 1. The molecule has 110 valence electrons. The summed E-state index contributed by atoms with van der Waals surface area (Å²) in [7, 11) is -1.62. The van der Waals surface area contributed by atoms with Crippen molar-refractivity contribution in [3.05, 3.63) is 53.6 Å².